The largest absolute Gasteiger partial charge is 0.497 e. The first kappa shape index (κ1) is 23.2. The van der Waals surface area contributed by atoms with Crippen LogP contribution in [0.4, 0.5) is 5.95 Å². The van der Waals surface area contributed by atoms with Gasteiger partial charge < -0.3 is 20.2 Å². The van der Waals surface area contributed by atoms with Gasteiger partial charge in [0.2, 0.25) is 11.8 Å². The van der Waals surface area contributed by atoms with E-state index in [9.17, 15) is 4.79 Å². The number of ether oxygens (including phenoxy) is 1. The molecule has 1 atom stereocenters. The number of fused-ring (bicyclic) bond motifs is 3. The fraction of sp³-hybridized carbons (Fsp3) is 0.154. The molecule has 0 radical (unpaired) electrons. The molecule has 0 bridgehead atoms. The number of furan rings is 1. The summed E-state index contributed by atoms with van der Waals surface area (Å²) in [6.07, 6.45) is 4.78. The van der Waals surface area contributed by atoms with Crippen molar-refractivity contribution in [2.24, 2.45) is 0 Å². The van der Waals surface area contributed by atoms with Crippen LogP contribution in [0.5, 0.6) is 5.75 Å². The number of aromatic nitrogens is 7. The molecule has 190 valence electrons. The lowest BCUT2D eigenvalue weighted by Gasteiger charge is -2.29. The lowest BCUT2D eigenvalue weighted by atomic mass is 9.91. The summed E-state index contributed by atoms with van der Waals surface area (Å²) in [5.74, 6) is 1.29. The number of rotatable bonds is 7. The number of nitrogens with two attached hydrogens (primary N) is 1. The highest BCUT2D eigenvalue weighted by Crippen LogP contribution is 2.31. The molecule has 0 aliphatic heterocycles. The Balaban J connectivity index is 1.46. The second-order valence-corrected chi connectivity index (χ2v) is 8.72. The zero-order valence-corrected chi connectivity index (χ0v) is 20.6. The first-order valence-electron chi connectivity index (χ1n) is 11.8. The predicted molar refractivity (Wildman–Crippen MR) is 138 cm³/mol. The van der Waals surface area contributed by atoms with Gasteiger partial charge in [0.1, 0.15) is 5.75 Å². The minimum Gasteiger partial charge on any atom is -0.497 e. The van der Waals surface area contributed by atoms with E-state index in [4.69, 9.17) is 14.9 Å². The van der Waals surface area contributed by atoms with Crippen LogP contribution in [0, 0.1) is 0 Å². The van der Waals surface area contributed by atoms with Crippen molar-refractivity contribution in [1.82, 2.24) is 39.7 Å². The van der Waals surface area contributed by atoms with Crippen molar-refractivity contribution >= 4 is 28.5 Å². The Morgan fingerprint density at radius 3 is 2.74 bits per heavy atom. The molecule has 5 heterocycles. The van der Waals surface area contributed by atoms with Crippen molar-refractivity contribution in [1.29, 1.82) is 0 Å². The second-order valence-electron chi connectivity index (χ2n) is 8.72. The van der Waals surface area contributed by atoms with E-state index < -0.39 is 5.54 Å². The standard InChI is InChI=1S/C26H23N9O3/c1-26(16-7-4-3-5-8-16,24(36)29-14-17-13-18(37-2)10-11-28-17)35-23-19(15-30-35)22-31-21(20-9-6-12-38-20)33-34(22)25(27)32-23/h3-13,15H,14H2,1-2H3,(H2,27,32)(H,29,36). The summed E-state index contributed by atoms with van der Waals surface area (Å²) in [5.41, 5.74) is 7.19. The number of carbonyl (C=O) groups is 1. The van der Waals surface area contributed by atoms with Gasteiger partial charge in [-0.3, -0.25) is 9.78 Å². The van der Waals surface area contributed by atoms with Gasteiger partial charge in [0.25, 0.3) is 5.91 Å². The van der Waals surface area contributed by atoms with Gasteiger partial charge >= 0.3 is 0 Å². The third-order valence-electron chi connectivity index (χ3n) is 6.43. The molecule has 6 rings (SSSR count). The molecule has 1 aromatic carbocycles. The highest BCUT2D eigenvalue weighted by atomic mass is 16.5. The molecule has 0 spiro atoms. The molecule has 5 aromatic heterocycles. The summed E-state index contributed by atoms with van der Waals surface area (Å²) in [7, 11) is 1.58. The first-order chi connectivity index (χ1) is 18.5. The lowest BCUT2D eigenvalue weighted by molar-refractivity contribution is -0.127. The maximum atomic E-state index is 13.9. The number of methoxy groups -OCH3 is 1. The smallest absolute Gasteiger partial charge is 0.252 e. The quantitative estimate of drug-likeness (QED) is 0.331. The molecule has 6 aromatic rings. The molecule has 1 unspecified atom stereocenters. The predicted octanol–water partition coefficient (Wildman–Crippen LogP) is 2.80. The first-order valence-corrected chi connectivity index (χ1v) is 11.8. The fourth-order valence-corrected chi connectivity index (χ4v) is 4.38. The maximum absolute atomic E-state index is 13.9. The lowest BCUT2D eigenvalue weighted by Crippen LogP contribution is -2.48. The number of carbonyl (C=O) groups excluding carboxylic acids is 1. The number of amides is 1. The van der Waals surface area contributed by atoms with Gasteiger partial charge in [0.15, 0.2) is 22.6 Å². The van der Waals surface area contributed by atoms with E-state index in [2.05, 4.69) is 30.5 Å². The highest BCUT2D eigenvalue weighted by molar-refractivity contribution is 5.94. The summed E-state index contributed by atoms with van der Waals surface area (Å²) in [4.78, 5) is 27.4. The van der Waals surface area contributed by atoms with Gasteiger partial charge in [-0.05, 0) is 30.7 Å². The number of hydrogen-bond donors (Lipinski definition) is 2. The number of nitrogens with zero attached hydrogens (tertiary/aromatic N) is 7. The molecule has 3 N–H and O–H groups in total. The third kappa shape index (κ3) is 3.70. The third-order valence-corrected chi connectivity index (χ3v) is 6.43. The summed E-state index contributed by atoms with van der Waals surface area (Å²) in [6, 6.07) is 16.4. The van der Waals surface area contributed by atoms with Crippen LogP contribution in [-0.4, -0.2) is 47.4 Å². The Labute approximate surface area is 216 Å². The van der Waals surface area contributed by atoms with Gasteiger partial charge in [-0.25, -0.2) is 9.67 Å². The molecular weight excluding hydrogens is 486 g/mol. The molecule has 12 heteroatoms. The maximum Gasteiger partial charge on any atom is 0.252 e. The van der Waals surface area contributed by atoms with E-state index in [1.807, 2.05) is 30.3 Å². The summed E-state index contributed by atoms with van der Waals surface area (Å²) < 4.78 is 13.7. The molecule has 12 nitrogen and oxygen atoms in total. The average Bonchev–Trinajstić information content (AvgIpc) is 3.72. The number of benzene rings is 1. The van der Waals surface area contributed by atoms with Gasteiger partial charge in [-0.1, -0.05) is 30.3 Å². The van der Waals surface area contributed by atoms with Crippen LogP contribution in [0.25, 0.3) is 28.3 Å². The molecule has 0 aliphatic rings. The molecule has 0 saturated carbocycles. The van der Waals surface area contributed by atoms with E-state index in [-0.39, 0.29) is 18.4 Å². The molecule has 0 fully saturated rings. The van der Waals surface area contributed by atoms with Crippen molar-refractivity contribution in [3.05, 3.63) is 84.5 Å². The average molecular weight is 510 g/mol. The van der Waals surface area contributed by atoms with Crippen molar-refractivity contribution in [3.8, 4) is 17.3 Å². The minimum atomic E-state index is -1.29. The Hall–Kier alpha value is -5.26. The fourth-order valence-electron chi connectivity index (χ4n) is 4.38. The molecule has 0 saturated heterocycles. The van der Waals surface area contributed by atoms with Gasteiger partial charge in [0.05, 0.1) is 37.2 Å². The minimum absolute atomic E-state index is 0.0935. The number of nitrogens with one attached hydrogen (secondary N) is 1. The van der Waals surface area contributed by atoms with Crippen LogP contribution in [0.15, 0.2) is 77.7 Å². The SMILES string of the molecule is COc1ccnc(CNC(=O)C(C)(c2ccccc2)n2ncc3c2nc(N)n2nc(-c4ccco4)nc32)c1. The zero-order chi connectivity index (χ0) is 26.3. The summed E-state index contributed by atoms with van der Waals surface area (Å²) in [5, 5.41) is 12.6. The number of nitrogen functional groups attached to an aromatic ring is 1. The van der Waals surface area contributed by atoms with E-state index in [1.54, 1.807) is 61.6 Å². The summed E-state index contributed by atoms with van der Waals surface area (Å²) >= 11 is 0. The number of anilines is 1. The normalized spacial score (nSPS) is 13.0. The molecule has 38 heavy (non-hydrogen) atoms. The van der Waals surface area contributed by atoms with Gasteiger partial charge in [-0.2, -0.15) is 14.6 Å². The van der Waals surface area contributed by atoms with Gasteiger partial charge in [-0.15, -0.1) is 5.10 Å². The van der Waals surface area contributed by atoms with E-state index in [1.165, 1.54) is 4.52 Å². The summed E-state index contributed by atoms with van der Waals surface area (Å²) in [6.45, 7) is 1.97. The number of hydrogen-bond acceptors (Lipinski definition) is 9. The van der Waals surface area contributed by atoms with Crippen LogP contribution in [0.2, 0.25) is 0 Å². The zero-order valence-electron chi connectivity index (χ0n) is 20.6. The van der Waals surface area contributed by atoms with E-state index in [0.717, 1.165) is 0 Å². The van der Waals surface area contributed by atoms with E-state index >= 15 is 0 Å². The Kier molecular flexibility index (Phi) is 5.48. The van der Waals surface area contributed by atoms with Gasteiger partial charge in [0, 0.05) is 12.3 Å². The Bertz CT molecular complexity index is 1760. The highest BCUT2D eigenvalue weighted by Gasteiger charge is 2.40. The Morgan fingerprint density at radius 2 is 1.97 bits per heavy atom. The van der Waals surface area contributed by atoms with Crippen molar-refractivity contribution < 1.29 is 13.9 Å². The van der Waals surface area contributed by atoms with Crippen molar-refractivity contribution in [2.75, 3.05) is 12.8 Å². The second kappa shape index (κ2) is 9.00. The van der Waals surface area contributed by atoms with Crippen LogP contribution < -0.4 is 15.8 Å². The van der Waals surface area contributed by atoms with Crippen LogP contribution in [0.3, 0.4) is 0 Å². The van der Waals surface area contributed by atoms with Crippen LogP contribution >= 0.6 is 0 Å². The molecule has 0 aliphatic carbocycles. The Morgan fingerprint density at radius 1 is 1.13 bits per heavy atom. The monoisotopic (exact) mass is 509 g/mol. The topological polar surface area (TPSA) is 151 Å². The van der Waals surface area contributed by atoms with Crippen LogP contribution in [-0.2, 0) is 16.9 Å². The molecule has 1 amide bonds. The molecular formula is C26H23N9O3. The van der Waals surface area contributed by atoms with E-state index in [0.29, 0.717) is 45.3 Å². The van der Waals surface area contributed by atoms with Crippen LogP contribution in [0.1, 0.15) is 18.2 Å². The van der Waals surface area contributed by atoms with Crippen molar-refractivity contribution in [2.45, 2.75) is 19.0 Å². The van der Waals surface area contributed by atoms with Crippen molar-refractivity contribution in [3.63, 3.8) is 0 Å². The number of pyridine rings is 1.